The molecular weight excluding hydrogens is 240 g/mol. The molecule has 6 heteroatoms. The number of thioether (sulfide) groups is 1. The van der Waals surface area contributed by atoms with Crippen LogP contribution in [0.2, 0.25) is 0 Å². The Bertz CT molecular complexity index is 438. The Morgan fingerprint density at radius 2 is 2.29 bits per heavy atom. The highest BCUT2D eigenvalue weighted by atomic mass is 32.2. The largest absolute Gasteiger partial charge is 0.480 e. The minimum atomic E-state index is -0.967. The first kappa shape index (κ1) is 11.9. The first-order valence-electron chi connectivity index (χ1n) is 5.15. The lowest BCUT2D eigenvalue weighted by Crippen LogP contribution is -2.41. The summed E-state index contributed by atoms with van der Waals surface area (Å²) in [6, 6.07) is 4.66. The van der Waals surface area contributed by atoms with Crippen molar-refractivity contribution in [3.8, 4) is 0 Å². The van der Waals surface area contributed by atoms with Crippen molar-refractivity contribution in [1.82, 2.24) is 9.88 Å². The summed E-state index contributed by atoms with van der Waals surface area (Å²) < 4.78 is 0. The molecule has 17 heavy (non-hydrogen) atoms. The first-order chi connectivity index (χ1) is 8.11. The van der Waals surface area contributed by atoms with E-state index in [-0.39, 0.29) is 11.3 Å². The minimum Gasteiger partial charge on any atom is -0.480 e. The van der Waals surface area contributed by atoms with Gasteiger partial charge in [-0.1, -0.05) is 6.07 Å². The molecular formula is C11H12N2O3S. The SMILES string of the molecule is CC(=O)N1C(C(=O)O)CSC1c1ccccn1. The van der Waals surface area contributed by atoms with E-state index in [9.17, 15) is 9.59 Å². The summed E-state index contributed by atoms with van der Waals surface area (Å²) in [4.78, 5) is 28.2. The zero-order chi connectivity index (χ0) is 12.4. The number of carbonyl (C=O) groups excluding carboxylic acids is 1. The lowest BCUT2D eigenvalue weighted by Gasteiger charge is -2.25. The van der Waals surface area contributed by atoms with Gasteiger partial charge in [-0.25, -0.2) is 4.79 Å². The summed E-state index contributed by atoms with van der Waals surface area (Å²) in [6.45, 7) is 1.39. The summed E-state index contributed by atoms with van der Waals surface area (Å²) in [6.07, 6.45) is 1.64. The van der Waals surface area contributed by atoms with Gasteiger partial charge < -0.3 is 10.0 Å². The summed E-state index contributed by atoms with van der Waals surface area (Å²) in [7, 11) is 0. The van der Waals surface area contributed by atoms with Gasteiger partial charge in [0.25, 0.3) is 0 Å². The monoisotopic (exact) mass is 252 g/mol. The molecule has 0 aromatic carbocycles. The maximum Gasteiger partial charge on any atom is 0.327 e. The number of hydrogen-bond acceptors (Lipinski definition) is 4. The van der Waals surface area contributed by atoms with Gasteiger partial charge >= 0.3 is 5.97 Å². The third-order valence-corrected chi connectivity index (χ3v) is 3.88. The van der Waals surface area contributed by atoms with E-state index in [1.54, 1.807) is 18.3 Å². The van der Waals surface area contributed by atoms with Crippen molar-refractivity contribution in [3.05, 3.63) is 30.1 Å². The summed E-state index contributed by atoms with van der Waals surface area (Å²) in [5.41, 5.74) is 0.719. The number of hydrogen-bond donors (Lipinski definition) is 1. The molecule has 0 aliphatic carbocycles. The van der Waals surface area contributed by atoms with Crippen LogP contribution in [-0.2, 0) is 9.59 Å². The van der Waals surface area contributed by atoms with Crippen molar-refractivity contribution < 1.29 is 14.7 Å². The second-order valence-corrected chi connectivity index (χ2v) is 4.83. The zero-order valence-electron chi connectivity index (χ0n) is 9.24. The van der Waals surface area contributed by atoms with Gasteiger partial charge in [0.15, 0.2) is 0 Å². The third-order valence-electron chi connectivity index (χ3n) is 2.59. The van der Waals surface area contributed by atoms with Crippen LogP contribution in [0.3, 0.4) is 0 Å². The molecule has 0 bridgehead atoms. The third kappa shape index (κ3) is 2.26. The molecule has 1 amide bonds. The topological polar surface area (TPSA) is 70.5 Å². The van der Waals surface area contributed by atoms with Crippen LogP contribution in [0.25, 0.3) is 0 Å². The van der Waals surface area contributed by atoms with E-state index in [2.05, 4.69) is 4.98 Å². The molecule has 1 saturated heterocycles. The van der Waals surface area contributed by atoms with E-state index in [0.717, 1.165) is 5.69 Å². The van der Waals surface area contributed by atoms with Crippen LogP contribution in [0.5, 0.6) is 0 Å². The number of amides is 1. The Kier molecular flexibility index (Phi) is 3.33. The lowest BCUT2D eigenvalue weighted by atomic mass is 10.2. The second kappa shape index (κ2) is 4.75. The predicted molar refractivity (Wildman–Crippen MR) is 63.4 cm³/mol. The zero-order valence-corrected chi connectivity index (χ0v) is 10.1. The lowest BCUT2D eigenvalue weighted by molar-refractivity contribution is -0.148. The van der Waals surface area contributed by atoms with Gasteiger partial charge in [0.2, 0.25) is 5.91 Å². The van der Waals surface area contributed by atoms with Gasteiger partial charge in [0, 0.05) is 18.9 Å². The smallest absolute Gasteiger partial charge is 0.327 e. The maximum absolute atomic E-state index is 11.6. The van der Waals surface area contributed by atoms with E-state index in [1.165, 1.54) is 23.6 Å². The van der Waals surface area contributed by atoms with Crippen molar-refractivity contribution in [2.24, 2.45) is 0 Å². The summed E-state index contributed by atoms with van der Waals surface area (Å²) in [5, 5.41) is 8.77. The highest BCUT2D eigenvalue weighted by Gasteiger charge is 2.41. The van der Waals surface area contributed by atoms with Gasteiger partial charge in [0.05, 0.1) is 5.69 Å². The van der Waals surface area contributed by atoms with Crippen molar-refractivity contribution in [1.29, 1.82) is 0 Å². The predicted octanol–water partition coefficient (Wildman–Crippen LogP) is 1.13. The molecule has 5 nitrogen and oxygen atoms in total. The molecule has 1 fully saturated rings. The van der Waals surface area contributed by atoms with Crippen molar-refractivity contribution in [3.63, 3.8) is 0 Å². The number of carboxylic acids is 1. The fraction of sp³-hybridized carbons (Fsp3) is 0.364. The highest BCUT2D eigenvalue weighted by Crippen LogP contribution is 2.40. The Labute approximate surface area is 103 Å². The van der Waals surface area contributed by atoms with Crippen LogP contribution in [0, 0.1) is 0 Å². The molecule has 1 aliphatic heterocycles. The second-order valence-electron chi connectivity index (χ2n) is 3.72. The van der Waals surface area contributed by atoms with E-state index in [0.29, 0.717) is 5.75 Å². The number of aliphatic carboxylic acids is 1. The molecule has 1 N–H and O–H groups in total. The average molecular weight is 252 g/mol. The summed E-state index contributed by atoms with van der Waals surface area (Å²) >= 11 is 1.43. The molecule has 1 aliphatic rings. The number of rotatable bonds is 2. The van der Waals surface area contributed by atoms with Crippen molar-refractivity contribution in [2.75, 3.05) is 5.75 Å². The quantitative estimate of drug-likeness (QED) is 0.854. The number of nitrogens with zero attached hydrogens (tertiary/aromatic N) is 2. The van der Waals surface area contributed by atoms with E-state index < -0.39 is 12.0 Å². The highest BCUT2D eigenvalue weighted by molar-refractivity contribution is 7.99. The molecule has 0 radical (unpaired) electrons. The van der Waals surface area contributed by atoms with E-state index >= 15 is 0 Å². The maximum atomic E-state index is 11.6. The van der Waals surface area contributed by atoms with E-state index in [4.69, 9.17) is 5.11 Å². The number of carboxylic acid groups (broad SMARTS) is 1. The van der Waals surface area contributed by atoms with Gasteiger partial charge in [0.1, 0.15) is 11.4 Å². The molecule has 90 valence electrons. The van der Waals surface area contributed by atoms with E-state index in [1.807, 2.05) is 6.07 Å². The van der Waals surface area contributed by atoms with Gasteiger partial charge in [-0.3, -0.25) is 9.78 Å². The number of carbonyl (C=O) groups is 2. The molecule has 2 heterocycles. The van der Waals surface area contributed by atoms with Crippen LogP contribution >= 0.6 is 11.8 Å². The molecule has 2 unspecified atom stereocenters. The average Bonchev–Trinajstić information content (AvgIpc) is 2.74. The Morgan fingerprint density at radius 3 is 2.82 bits per heavy atom. The standard InChI is InChI=1S/C11H12N2O3S/c1-7(14)13-9(11(15)16)6-17-10(13)8-4-2-3-5-12-8/h2-5,9-10H,6H2,1H3,(H,15,16). The normalized spacial score (nSPS) is 23.7. The Morgan fingerprint density at radius 1 is 1.53 bits per heavy atom. The van der Waals surface area contributed by atoms with Crippen molar-refractivity contribution >= 4 is 23.6 Å². The number of pyridine rings is 1. The summed E-state index contributed by atoms with van der Waals surface area (Å²) in [5.74, 6) is -0.805. The fourth-order valence-corrected chi connectivity index (χ4v) is 3.27. The molecule has 1 aromatic heterocycles. The van der Waals surface area contributed by atoms with Crippen LogP contribution < -0.4 is 0 Å². The minimum absolute atomic E-state index is 0.238. The van der Waals surface area contributed by atoms with Crippen LogP contribution in [0.15, 0.2) is 24.4 Å². The number of aromatic nitrogens is 1. The molecule has 2 rings (SSSR count). The van der Waals surface area contributed by atoms with Crippen LogP contribution in [0.1, 0.15) is 18.0 Å². The van der Waals surface area contributed by atoms with Gasteiger partial charge in [-0.05, 0) is 12.1 Å². The van der Waals surface area contributed by atoms with Crippen LogP contribution in [0.4, 0.5) is 0 Å². The Balaban J connectivity index is 2.30. The Hall–Kier alpha value is -1.56. The van der Waals surface area contributed by atoms with Crippen LogP contribution in [-0.4, -0.2) is 38.7 Å². The fourth-order valence-electron chi connectivity index (χ4n) is 1.83. The first-order valence-corrected chi connectivity index (χ1v) is 6.20. The molecule has 1 aromatic rings. The molecule has 2 atom stereocenters. The molecule has 0 saturated carbocycles. The van der Waals surface area contributed by atoms with Crippen molar-refractivity contribution in [2.45, 2.75) is 18.3 Å². The van der Waals surface area contributed by atoms with Gasteiger partial charge in [-0.2, -0.15) is 0 Å². The van der Waals surface area contributed by atoms with Gasteiger partial charge in [-0.15, -0.1) is 11.8 Å². The molecule has 0 spiro atoms.